The fraction of sp³-hybridized carbons (Fsp3) is 0.250. The predicted octanol–water partition coefficient (Wildman–Crippen LogP) is 2.26. The summed E-state index contributed by atoms with van der Waals surface area (Å²) in [6.45, 7) is 3.79. The van der Waals surface area contributed by atoms with E-state index >= 15 is 0 Å². The Labute approximate surface area is 189 Å². The summed E-state index contributed by atoms with van der Waals surface area (Å²) >= 11 is 1.31. The largest absolute Gasteiger partial charge is 0.463 e. The molecule has 0 N–H and O–H groups in total. The molecule has 0 aliphatic carbocycles. The lowest BCUT2D eigenvalue weighted by Crippen LogP contribution is -2.39. The molecule has 0 saturated heterocycles. The molecule has 1 aliphatic rings. The van der Waals surface area contributed by atoms with Crippen molar-refractivity contribution < 1.29 is 9.53 Å². The van der Waals surface area contributed by atoms with Crippen molar-refractivity contribution in [2.45, 2.75) is 19.9 Å². The van der Waals surface area contributed by atoms with Crippen molar-refractivity contribution in [2.75, 3.05) is 25.6 Å². The zero-order valence-electron chi connectivity index (χ0n) is 18.4. The molecule has 1 atom stereocenters. The number of carbonyl (C=O) groups excluding carboxylic acids is 1. The van der Waals surface area contributed by atoms with Gasteiger partial charge >= 0.3 is 5.97 Å². The Kier molecular flexibility index (Phi) is 6.05. The third-order valence-electron chi connectivity index (χ3n) is 5.25. The standard InChI is InChI=1S/C24H24N4O3S/c1-5-31-23(30)20-15(2)26-24-28(21(20)17-6-8-18(9-7-17)27(3)4)22(29)19(32-24)14-16-10-12-25-13-11-16/h6-14,21H,5H2,1-4H3/b19-14-/t21-/m0/s1. The van der Waals surface area contributed by atoms with E-state index < -0.39 is 12.0 Å². The van der Waals surface area contributed by atoms with Crippen molar-refractivity contribution in [2.24, 2.45) is 4.99 Å². The second-order valence-electron chi connectivity index (χ2n) is 7.57. The van der Waals surface area contributed by atoms with Crippen LogP contribution >= 0.6 is 11.3 Å². The number of ether oxygens (including phenoxy) is 1. The van der Waals surface area contributed by atoms with Crippen molar-refractivity contribution in [3.63, 3.8) is 0 Å². The lowest BCUT2D eigenvalue weighted by atomic mass is 9.95. The first-order valence-electron chi connectivity index (χ1n) is 10.3. The fourth-order valence-corrected chi connectivity index (χ4v) is 4.72. The maximum atomic E-state index is 13.5. The molecular formula is C24H24N4O3S. The molecule has 4 rings (SSSR count). The monoisotopic (exact) mass is 448 g/mol. The first-order chi connectivity index (χ1) is 15.4. The van der Waals surface area contributed by atoms with Gasteiger partial charge in [-0.1, -0.05) is 23.5 Å². The summed E-state index contributed by atoms with van der Waals surface area (Å²) in [5.74, 6) is -0.459. The number of nitrogens with zero attached hydrogens (tertiary/aromatic N) is 4. The van der Waals surface area contributed by atoms with E-state index in [9.17, 15) is 9.59 Å². The molecule has 1 aromatic carbocycles. The second-order valence-corrected chi connectivity index (χ2v) is 8.58. The molecule has 0 saturated carbocycles. The van der Waals surface area contributed by atoms with Crippen LogP contribution in [0, 0.1) is 0 Å². The normalized spacial score (nSPS) is 15.9. The zero-order chi connectivity index (χ0) is 22.8. The fourth-order valence-electron chi connectivity index (χ4n) is 3.67. The minimum absolute atomic E-state index is 0.193. The van der Waals surface area contributed by atoms with Crippen LogP contribution in [-0.4, -0.2) is 36.2 Å². The zero-order valence-corrected chi connectivity index (χ0v) is 19.2. The summed E-state index contributed by atoms with van der Waals surface area (Å²) < 4.78 is 7.47. The number of thiazole rings is 1. The van der Waals surface area contributed by atoms with E-state index in [1.807, 2.05) is 61.5 Å². The third kappa shape index (κ3) is 4.01. The molecule has 0 fully saturated rings. The minimum Gasteiger partial charge on any atom is -0.463 e. The lowest BCUT2D eigenvalue weighted by molar-refractivity contribution is -0.139. The minimum atomic E-state index is -0.610. The van der Waals surface area contributed by atoms with Gasteiger partial charge in [0.05, 0.1) is 28.5 Å². The van der Waals surface area contributed by atoms with Crippen molar-refractivity contribution >= 4 is 29.1 Å². The van der Waals surface area contributed by atoms with Gasteiger partial charge in [0.1, 0.15) is 0 Å². The Morgan fingerprint density at radius 3 is 2.50 bits per heavy atom. The highest BCUT2D eigenvalue weighted by molar-refractivity contribution is 7.07. The molecule has 0 amide bonds. The molecule has 2 aromatic heterocycles. The highest BCUT2D eigenvalue weighted by atomic mass is 32.1. The molecular weight excluding hydrogens is 424 g/mol. The van der Waals surface area contributed by atoms with Crippen LogP contribution in [0.25, 0.3) is 6.08 Å². The van der Waals surface area contributed by atoms with Crippen LogP contribution in [0.15, 0.2) is 69.8 Å². The van der Waals surface area contributed by atoms with E-state index in [4.69, 9.17) is 4.74 Å². The van der Waals surface area contributed by atoms with Crippen molar-refractivity contribution in [1.82, 2.24) is 9.55 Å². The third-order valence-corrected chi connectivity index (χ3v) is 6.23. The van der Waals surface area contributed by atoms with Crippen LogP contribution in [0.3, 0.4) is 0 Å². The van der Waals surface area contributed by atoms with E-state index in [0.717, 1.165) is 16.8 Å². The molecule has 1 aliphatic heterocycles. The highest BCUT2D eigenvalue weighted by Crippen LogP contribution is 2.31. The summed E-state index contributed by atoms with van der Waals surface area (Å²) in [5, 5.41) is 0. The Hall–Kier alpha value is -3.52. The number of hydrogen-bond acceptors (Lipinski definition) is 7. The maximum absolute atomic E-state index is 13.5. The van der Waals surface area contributed by atoms with Gasteiger partial charge in [-0.2, -0.15) is 0 Å². The number of fused-ring (bicyclic) bond motifs is 1. The van der Waals surface area contributed by atoms with Crippen LogP contribution < -0.4 is 19.8 Å². The highest BCUT2D eigenvalue weighted by Gasteiger charge is 2.33. The van der Waals surface area contributed by atoms with Gasteiger partial charge in [-0.3, -0.25) is 14.3 Å². The van der Waals surface area contributed by atoms with Crippen LogP contribution in [0.4, 0.5) is 5.69 Å². The van der Waals surface area contributed by atoms with Crippen LogP contribution in [-0.2, 0) is 9.53 Å². The van der Waals surface area contributed by atoms with Crippen LogP contribution in [0.2, 0.25) is 0 Å². The van der Waals surface area contributed by atoms with Gasteiger partial charge in [0.2, 0.25) is 0 Å². The average molecular weight is 449 g/mol. The summed E-state index contributed by atoms with van der Waals surface area (Å²) in [6.07, 6.45) is 5.18. The Bertz CT molecular complexity index is 1350. The second kappa shape index (κ2) is 8.92. The van der Waals surface area contributed by atoms with Gasteiger partial charge in [-0.25, -0.2) is 9.79 Å². The van der Waals surface area contributed by atoms with Gasteiger partial charge < -0.3 is 9.64 Å². The van der Waals surface area contributed by atoms with Crippen LogP contribution in [0.1, 0.15) is 31.0 Å². The molecule has 0 spiro atoms. The topological polar surface area (TPSA) is 76.8 Å². The van der Waals surface area contributed by atoms with Gasteiger partial charge in [-0.15, -0.1) is 0 Å². The Morgan fingerprint density at radius 1 is 1.19 bits per heavy atom. The molecule has 3 aromatic rings. The average Bonchev–Trinajstić information content (AvgIpc) is 3.08. The van der Waals surface area contributed by atoms with E-state index in [-0.39, 0.29) is 12.2 Å². The predicted molar refractivity (Wildman–Crippen MR) is 125 cm³/mol. The maximum Gasteiger partial charge on any atom is 0.338 e. The number of benzene rings is 1. The molecule has 0 unspecified atom stereocenters. The molecule has 32 heavy (non-hydrogen) atoms. The Balaban J connectivity index is 1.94. The smallest absolute Gasteiger partial charge is 0.338 e. The molecule has 0 radical (unpaired) electrons. The number of allylic oxidation sites excluding steroid dienone is 1. The Morgan fingerprint density at radius 2 is 1.88 bits per heavy atom. The summed E-state index contributed by atoms with van der Waals surface area (Å²) in [5.41, 5.74) is 3.47. The lowest BCUT2D eigenvalue weighted by Gasteiger charge is -2.25. The first kappa shape index (κ1) is 21.7. The summed E-state index contributed by atoms with van der Waals surface area (Å²) in [6, 6.07) is 10.9. The van der Waals surface area contributed by atoms with E-state index in [1.165, 1.54) is 11.3 Å². The van der Waals surface area contributed by atoms with E-state index in [2.05, 4.69) is 9.98 Å². The number of aromatic nitrogens is 2. The molecule has 164 valence electrons. The van der Waals surface area contributed by atoms with Crippen molar-refractivity contribution in [1.29, 1.82) is 0 Å². The van der Waals surface area contributed by atoms with Gasteiger partial charge in [0, 0.05) is 32.2 Å². The van der Waals surface area contributed by atoms with E-state index in [1.54, 1.807) is 30.8 Å². The quantitative estimate of drug-likeness (QED) is 0.560. The van der Waals surface area contributed by atoms with Crippen molar-refractivity contribution in [3.05, 3.63) is 90.9 Å². The number of pyridine rings is 1. The summed E-state index contributed by atoms with van der Waals surface area (Å²) in [4.78, 5) is 37.6. The number of anilines is 1. The van der Waals surface area contributed by atoms with E-state index in [0.29, 0.717) is 20.6 Å². The number of rotatable bonds is 5. The molecule has 3 heterocycles. The molecule has 7 nitrogen and oxygen atoms in total. The first-order valence-corrected chi connectivity index (χ1v) is 11.1. The van der Waals surface area contributed by atoms with Gasteiger partial charge in [0.25, 0.3) is 5.56 Å². The summed E-state index contributed by atoms with van der Waals surface area (Å²) in [7, 11) is 3.93. The number of carbonyl (C=O) groups is 1. The van der Waals surface area contributed by atoms with Gasteiger partial charge in [-0.05, 0) is 55.3 Å². The van der Waals surface area contributed by atoms with Gasteiger partial charge in [0.15, 0.2) is 4.80 Å². The SMILES string of the molecule is CCOC(=O)C1=C(C)N=c2s/c(=C\c3ccncc3)c(=O)n2[C@H]1c1ccc(N(C)C)cc1. The molecule has 8 heteroatoms. The molecule has 0 bridgehead atoms. The number of hydrogen-bond donors (Lipinski definition) is 0. The van der Waals surface area contributed by atoms with Crippen molar-refractivity contribution in [3.8, 4) is 0 Å². The van der Waals surface area contributed by atoms with Crippen LogP contribution in [0.5, 0.6) is 0 Å². The number of esters is 1.